The molecule has 0 aliphatic carbocycles. The summed E-state index contributed by atoms with van der Waals surface area (Å²) < 4.78 is 5.54. The smallest absolute Gasteiger partial charge is 0.256 e. The monoisotopic (exact) mass is 277 g/mol. The molecule has 2 heterocycles. The predicted molar refractivity (Wildman–Crippen MR) is 78.6 cm³/mol. The summed E-state index contributed by atoms with van der Waals surface area (Å²) in [7, 11) is 0. The van der Waals surface area contributed by atoms with E-state index in [4.69, 9.17) is 4.42 Å². The van der Waals surface area contributed by atoms with Crippen LogP contribution in [-0.4, -0.2) is 16.5 Å². The molecule has 102 valence electrons. The van der Waals surface area contributed by atoms with E-state index in [2.05, 4.69) is 28.3 Å². The number of nitrogens with zero attached hydrogens (tertiary/aromatic N) is 2. The first-order valence-electron chi connectivity index (χ1n) is 6.44. The molecule has 0 radical (unpaired) electrons. The van der Waals surface area contributed by atoms with Crippen molar-refractivity contribution in [1.82, 2.24) is 9.97 Å². The molecule has 2 aromatic heterocycles. The number of anilines is 1. The summed E-state index contributed by atoms with van der Waals surface area (Å²) in [6.07, 6.45) is 2.95. The second-order valence-corrected chi connectivity index (χ2v) is 5.30. The van der Waals surface area contributed by atoms with Gasteiger partial charge in [0.05, 0.1) is 11.4 Å². The number of oxazole rings is 1. The molecule has 0 fully saturated rings. The Morgan fingerprint density at radius 2 is 2.21 bits per heavy atom. The van der Waals surface area contributed by atoms with E-state index in [-0.39, 0.29) is 0 Å². The average Bonchev–Trinajstić information content (AvgIpc) is 2.74. The number of thioether (sulfide) groups is 1. The molecule has 0 bridgehead atoms. The predicted octanol–water partition coefficient (Wildman–Crippen LogP) is 3.80. The lowest BCUT2D eigenvalue weighted by Gasteiger charge is -2.05. The zero-order chi connectivity index (χ0) is 13.7. The standard InChI is InChI=1S/C14H19N3OS/c1-4-6-15-12-5-7-16-13(8-12)9-19-14-17-10(2)11(3)18-14/h5,7-8H,4,6,9H2,1-3H3,(H,15,16). The molecule has 5 heteroatoms. The fourth-order valence-corrected chi connectivity index (χ4v) is 2.39. The van der Waals surface area contributed by atoms with Crippen LogP contribution in [0, 0.1) is 13.8 Å². The second kappa shape index (κ2) is 6.61. The summed E-state index contributed by atoms with van der Waals surface area (Å²) in [4.78, 5) is 8.71. The Bertz CT molecular complexity index is 520. The molecule has 1 N–H and O–H groups in total. The van der Waals surface area contributed by atoms with Crippen LogP contribution >= 0.6 is 11.8 Å². The fraction of sp³-hybridized carbons (Fsp3) is 0.429. The molecule has 0 aromatic carbocycles. The van der Waals surface area contributed by atoms with Gasteiger partial charge in [0.25, 0.3) is 5.22 Å². The van der Waals surface area contributed by atoms with Crippen molar-refractivity contribution in [3.8, 4) is 0 Å². The Labute approximate surface area is 118 Å². The average molecular weight is 277 g/mol. The molecule has 0 atom stereocenters. The number of hydrogen-bond acceptors (Lipinski definition) is 5. The van der Waals surface area contributed by atoms with E-state index in [1.807, 2.05) is 26.1 Å². The highest BCUT2D eigenvalue weighted by atomic mass is 32.2. The highest BCUT2D eigenvalue weighted by Crippen LogP contribution is 2.24. The molecule has 2 aromatic rings. The van der Waals surface area contributed by atoms with Crippen molar-refractivity contribution in [3.63, 3.8) is 0 Å². The van der Waals surface area contributed by atoms with Crippen molar-refractivity contribution >= 4 is 17.4 Å². The van der Waals surface area contributed by atoms with Crippen molar-refractivity contribution < 1.29 is 4.42 Å². The zero-order valence-corrected chi connectivity index (χ0v) is 12.4. The van der Waals surface area contributed by atoms with Crippen LogP contribution in [0.5, 0.6) is 0 Å². The summed E-state index contributed by atoms with van der Waals surface area (Å²) in [5.41, 5.74) is 3.10. The first-order chi connectivity index (χ1) is 9.19. The molecule has 0 saturated carbocycles. The Morgan fingerprint density at radius 3 is 2.89 bits per heavy atom. The Balaban J connectivity index is 1.95. The van der Waals surface area contributed by atoms with Gasteiger partial charge in [0.1, 0.15) is 5.76 Å². The first kappa shape index (κ1) is 13.9. The van der Waals surface area contributed by atoms with Gasteiger partial charge < -0.3 is 9.73 Å². The third-order valence-electron chi connectivity index (χ3n) is 2.75. The van der Waals surface area contributed by atoms with Gasteiger partial charge in [-0.2, -0.15) is 0 Å². The topological polar surface area (TPSA) is 51.0 Å². The number of aromatic nitrogens is 2. The number of aryl methyl sites for hydroxylation is 2. The molecule has 0 amide bonds. The SMILES string of the molecule is CCCNc1ccnc(CSc2nc(C)c(C)o2)c1. The lowest BCUT2D eigenvalue weighted by molar-refractivity contribution is 0.431. The maximum absolute atomic E-state index is 5.54. The number of nitrogens with one attached hydrogen (secondary N) is 1. The van der Waals surface area contributed by atoms with Crippen LogP contribution in [0.25, 0.3) is 0 Å². The molecule has 2 rings (SSSR count). The van der Waals surface area contributed by atoms with Crippen molar-refractivity contribution in [3.05, 3.63) is 35.5 Å². The Morgan fingerprint density at radius 1 is 1.37 bits per heavy atom. The lowest BCUT2D eigenvalue weighted by atomic mass is 10.3. The van der Waals surface area contributed by atoms with Crippen LogP contribution in [-0.2, 0) is 5.75 Å². The molecule has 0 aliphatic rings. The highest BCUT2D eigenvalue weighted by molar-refractivity contribution is 7.98. The molecule has 0 unspecified atom stereocenters. The molecule has 0 saturated heterocycles. The lowest BCUT2D eigenvalue weighted by Crippen LogP contribution is -2.00. The maximum atomic E-state index is 5.54. The molecule has 4 nitrogen and oxygen atoms in total. The Hall–Kier alpha value is -1.49. The van der Waals surface area contributed by atoms with E-state index in [0.717, 1.165) is 41.6 Å². The van der Waals surface area contributed by atoms with E-state index < -0.39 is 0 Å². The summed E-state index contributed by atoms with van der Waals surface area (Å²) >= 11 is 1.57. The van der Waals surface area contributed by atoms with E-state index in [1.54, 1.807) is 11.8 Å². The van der Waals surface area contributed by atoms with Gasteiger partial charge in [0, 0.05) is 24.2 Å². The van der Waals surface area contributed by atoms with Crippen LogP contribution in [0.2, 0.25) is 0 Å². The third kappa shape index (κ3) is 3.99. The minimum Gasteiger partial charge on any atom is -0.437 e. The van der Waals surface area contributed by atoms with Crippen LogP contribution in [0.1, 0.15) is 30.5 Å². The van der Waals surface area contributed by atoms with Crippen molar-refractivity contribution in [2.24, 2.45) is 0 Å². The van der Waals surface area contributed by atoms with E-state index >= 15 is 0 Å². The van der Waals surface area contributed by atoms with Crippen LogP contribution < -0.4 is 5.32 Å². The highest BCUT2D eigenvalue weighted by Gasteiger charge is 2.07. The Kier molecular flexibility index (Phi) is 4.85. The molecular weight excluding hydrogens is 258 g/mol. The largest absolute Gasteiger partial charge is 0.437 e. The van der Waals surface area contributed by atoms with Gasteiger partial charge in [-0.25, -0.2) is 4.98 Å². The maximum Gasteiger partial charge on any atom is 0.256 e. The van der Waals surface area contributed by atoms with Crippen molar-refractivity contribution in [2.75, 3.05) is 11.9 Å². The number of rotatable bonds is 6. The van der Waals surface area contributed by atoms with Gasteiger partial charge >= 0.3 is 0 Å². The van der Waals surface area contributed by atoms with Gasteiger partial charge in [0.2, 0.25) is 0 Å². The van der Waals surface area contributed by atoms with Crippen molar-refractivity contribution in [1.29, 1.82) is 0 Å². The summed E-state index contributed by atoms with van der Waals surface area (Å²) in [5, 5.41) is 4.07. The van der Waals surface area contributed by atoms with E-state index in [1.165, 1.54) is 0 Å². The van der Waals surface area contributed by atoms with Gasteiger partial charge in [-0.05, 0) is 32.4 Å². The van der Waals surface area contributed by atoms with Gasteiger partial charge in [0.15, 0.2) is 0 Å². The van der Waals surface area contributed by atoms with E-state index in [0.29, 0.717) is 5.22 Å². The molecule has 0 aliphatic heterocycles. The third-order valence-corrected chi connectivity index (χ3v) is 3.61. The minimum atomic E-state index is 0.712. The molecule has 19 heavy (non-hydrogen) atoms. The zero-order valence-electron chi connectivity index (χ0n) is 11.6. The summed E-state index contributed by atoms with van der Waals surface area (Å²) in [5.74, 6) is 1.65. The quantitative estimate of drug-likeness (QED) is 0.814. The normalized spacial score (nSPS) is 10.7. The molecular formula is C14H19N3OS. The minimum absolute atomic E-state index is 0.712. The second-order valence-electron chi connectivity index (χ2n) is 4.37. The van der Waals surface area contributed by atoms with Gasteiger partial charge in [-0.3, -0.25) is 4.98 Å². The fourth-order valence-electron chi connectivity index (χ4n) is 1.58. The summed E-state index contributed by atoms with van der Waals surface area (Å²) in [6.45, 7) is 7.02. The first-order valence-corrected chi connectivity index (χ1v) is 7.43. The van der Waals surface area contributed by atoms with Crippen LogP contribution in [0.15, 0.2) is 28.0 Å². The molecule has 0 spiro atoms. The van der Waals surface area contributed by atoms with Crippen LogP contribution in [0.3, 0.4) is 0 Å². The number of hydrogen-bond donors (Lipinski definition) is 1. The summed E-state index contributed by atoms with van der Waals surface area (Å²) in [6, 6.07) is 4.06. The number of pyridine rings is 1. The van der Waals surface area contributed by atoms with Crippen LogP contribution in [0.4, 0.5) is 5.69 Å². The van der Waals surface area contributed by atoms with Gasteiger partial charge in [-0.15, -0.1) is 0 Å². The van der Waals surface area contributed by atoms with Crippen molar-refractivity contribution in [2.45, 2.75) is 38.2 Å². The van der Waals surface area contributed by atoms with Gasteiger partial charge in [-0.1, -0.05) is 18.7 Å². The van der Waals surface area contributed by atoms with E-state index in [9.17, 15) is 0 Å².